The third-order valence-electron chi connectivity index (χ3n) is 1.92. The summed E-state index contributed by atoms with van der Waals surface area (Å²) in [5, 5.41) is 8.85. The van der Waals surface area contributed by atoms with E-state index in [1.54, 1.807) is 0 Å². The summed E-state index contributed by atoms with van der Waals surface area (Å²) < 4.78 is 5.15. The summed E-state index contributed by atoms with van der Waals surface area (Å²) >= 11 is 0. The van der Waals surface area contributed by atoms with E-state index < -0.39 is 5.97 Å². The lowest BCUT2D eigenvalue weighted by molar-refractivity contribution is 0.0694. The number of aromatic carboxylic acids is 1. The van der Waals surface area contributed by atoms with Gasteiger partial charge in [-0.15, -0.1) is 0 Å². The van der Waals surface area contributed by atoms with Crippen LogP contribution >= 0.6 is 0 Å². The first-order valence-corrected chi connectivity index (χ1v) is 4.84. The zero-order valence-electron chi connectivity index (χ0n) is 8.86. The van der Waals surface area contributed by atoms with Crippen LogP contribution in [0.25, 0.3) is 0 Å². The van der Waals surface area contributed by atoms with Gasteiger partial charge in [0, 0.05) is 12.8 Å². The quantitative estimate of drug-likeness (QED) is 0.792. The zero-order valence-corrected chi connectivity index (χ0v) is 8.86. The molecule has 1 aromatic rings. The van der Waals surface area contributed by atoms with E-state index in [1.165, 1.54) is 6.20 Å². The topological polar surface area (TPSA) is 72.3 Å². The van der Waals surface area contributed by atoms with Crippen LogP contribution in [0, 0.1) is 0 Å². The molecule has 0 spiro atoms. The van der Waals surface area contributed by atoms with Gasteiger partial charge in [0.15, 0.2) is 5.82 Å². The van der Waals surface area contributed by atoms with Crippen molar-refractivity contribution in [3.8, 4) is 0 Å². The van der Waals surface area contributed by atoms with Crippen molar-refractivity contribution in [3.05, 3.63) is 23.3 Å². The van der Waals surface area contributed by atoms with Crippen molar-refractivity contribution in [3.63, 3.8) is 0 Å². The van der Waals surface area contributed by atoms with Crippen LogP contribution in [0.3, 0.4) is 0 Å². The molecule has 1 heterocycles. The predicted octanol–water partition coefficient (Wildman–Crippen LogP) is 1.27. The van der Waals surface area contributed by atoms with Gasteiger partial charge in [-0.1, -0.05) is 6.92 Å². The molecule has 0 saturated heterocycles. The maximum Gasteiger partial charge on any atom is 0.339 e. The number of ether oxygens (including phenoxy) is 1. The van der Waals surface area contributed by atoms with Crippen LogP contribution in [-0.4, -0.2) is 27.7 Å². The van der Waals surface area contributed by atoms with E-state index in [4.69, 9.17) is 9.84 Å². The molecule has 1 aromatic heterocycles. The standard InChI is InChI=1S/C10H14N2O3/c1-3-8-7(10(13)14)5-11-9(12-8)6-15-4-2/h5H,3-4,6H2,1-2H3,(H,13,14). The van der Waals surface area contributed by atoms with Crippen LogP contribution in [0.2, 0.25) is 0 Å². The van der Waals surface area contributed by atoms with Gasteiger partial charge in [-0.2, -0.15) is 0 Å². The van der Waals surface area contributed by atoms with Crippen molar-refractivity contribution in [2.24, 2.45) is 0 Å². The first-order valence-electron chi connectivity index (χ1n) is 4.84. The fourth-order valence-electron chi connectivity index (χ4n) is 1.17. The molecule has 1 rings (SSSR count). The average molecular weight is 210 g/mol. The minimum Gasteiger partial charge on any atom is -0.478 e. The second kappa shape index (κ2) is 5.41. The Morgan fingerprint density at radius 1 is 1.53 bits per heavy atom. The normalized spacial score (nSPS) is 10.3. The van der Waals surface area contributed by atoms with Gasteiger partial charge in [0.25, 0.3) is 0 Å². The molecule has 15 heavy (non-hydrogen) atoms. The van der Waals surface area contributed by atoms with Gasteiger partial charge in [-0.3, -0.25) is 0 Å². The number of rotatable bonds is 5. The molecule has 0 saturated carbocycles. The van der Waals surface area contributed by atoms with Crippen LogP contribution in [0.4, 0.5) is 0 Å². The minimum absolute atomic E-state index is 0.165. The van der Waals surface area contributed by atoms with E-state index >= 15 is 0 Å². The van der Waals surface area contributed by atoms with E-state index in [0.29, 0.717) is 31.2 Å². The van der Waals surface area contributed by atoms with E-state index in [1.807, 2.05) is 13.8 Å². The third kappa shape index (κ3) is 2.99. The SMILES string of the molecule is CCOCc1ncc(C(=O)O)c(CC)n1. The average Bonchev–Trinajstić information content (AvgIpc) is 2.25. The Bertz CT molecular complexity index is 353. The fourth-order valence-corrected chi connectivity index (χ4v) is 1.17. The Balaban J connectivity index is 2.92. The smallest absolute Gasteiger partial charge is 0.339 e. The second-order valence-corrected chi connectivity index (χ2v) is 2.94. The number of carbonyl (C=O) groups is 1. The van der Waals surface area contributed by atoms with Crippen LogP contribution < -0.4 is 0 Å². The monoisotopic (exact) mass is 210 g/mol. The van der Waals surface area contributed by atoms with E-state index in [2.05, 4.69) is 9.97 Å². The molecule has 0 unspecified atom stereocenters. The van der Waals surface area contributed by atoms with E-state index in [9.17, 15) is 4.79 Å². The molecule has 5 heteroatoms. The van der Waals surface area contributed by atoms with Crippen LogP contribution in [-0.2, 0) is 17.8 Å². The largest absolute Gasteiger partial charge is 0.478 e. The van der Waals surface area contributed by atoms with Gasteiger partial charge in [0.05, 0.1) is 11.3 Å². The molecule has 0 aromatic carbocycles. The molecule has 0 bridgehead atoms. The molecule has 0 aliphatic rings. The summed E-state index contributed by atoms with van der Waals surface area (Å²) in [6.07, 6.45) is 1.91. The molecular formula is C10H14N2O3. The lowest BCUT2D eigenvalue weighted by atomic mass is 10.2. The Kier molecular flexibility index (Phi) is 4.17. The number of hydrogen-bond donors (Lipinski definition) is 1. The maximum absolute atomic E-state index is 10.8. The van der Waals surface area contributed by atoms with Gasteiger partial charge < -0.3 is 9.84 Å². The van der Waals surface area contributed by atoms with Crippen molar-refractivity contribution in [2.75, 3.05) is 6.61 Å². The minimum atomic E-state index is -0.991. The Morgan fingerprint density at radius 2 is 2.27 bits per heavy atom. The number of carboxylic acid groups (broad SMARTS) is 1. The first kappa shape index (κ1) is 11.6. The summed E-state index contributed by atoms with van der Waals surface area (Å²) in [6, 6.07) is 0. The van der Waals surface area contributed by atoms with Gasteiger partial charge in [-0.05, 0) is 13.3 Å². The lowest BCUT2D eigenvalue weighted by Gasteiger charge is -2.05. The molecule has 0 aliphatic carbocycles. The number of aryl methyl sites for hydroxylation is 1. The van der Waals surface area contributed by atoms with Crippen molar-refractivity contribution in [2.45, 2.75) is 26.9 Å². The summed E-state index contributed by atoms with van der Waals surface area (Å²) in [4.78, 5) is 18.9. The highest BCUT2D eigenvalue weighted by Gasteiger charge is 2.11. The van der Waals surface area contributed by atoms with E-state index in [-0.39, 0.29) is 5.56 Å². The fraction of sp³-hybridized carbons (Fsp3) is 0.500. The van der Waals surface area contributed by atoms with Gasteiger partial charge in [0.1, 0.15) is 6.61 Å². The van der Waals surface area contributed by atoms with Crippen molar-refractivity contribution in [1.29, 1.82) is 0 Å². The zero-order chi connectivity index (χ0) is 11.3. The predicted molar refractivity (Wildman–Crippen MR) is 53.7 cm³/mol. The number of aromatic nitrogens is 2. The molecule has 0 atom stereocenters. The van der Waals surface area contributed by atoms with Crippen molar-refractivity contribution >= 4 is 5.97 Å². The first-order chi connectivity index (χ1) is 7.19. The number of nitrogens with zero attached hydrogens (tertiary/aromatic N) is 2. The molecule has 0 fully saturated rings. The van der Waals surface area contributed by atoms with E-state index in [0.717, 1.165) is 0 Å². The summed E-state index contributed by atoms with van der Waals surface area (Å²) in [6.45, 7) is 4.65. The highest BCUT2D eigenvalue weighted by atomic mass is 16.5. The summed E-state index contributed by atoms with van der Waals surface area (Å²) in [5.74, 6) is -0.464. The molecular weight excluding hydrogens is 196 g/mol. The van der Waals surface area contributed by atoms with Crippen molar-refractivity contribution in [1.82, 2.24) is 9.97 Å². The molecule has 0 radical (unpaired) electrons. The second-order valence-electron chi connectivity index (χ2n) is 2.94. The van der Waals surface area contributed by atoms with Gasteiger partial charge >= 0.3 is 5.97 Å². The maximum atomic E-state index is 10.8. The Labute approximate surface area is 88.1 Å². The highest BCUT2D eigenvalue weighted by molar-refractivity contribution is 5.88. The number of hydrogen-bond acceptors (Lipinski definition) is 4. The molecule has 0 aliphatic heterocycles. The van der Waals surface area contributed by atoms with Crippen LogP contribution in [0.5, 0.6) is 0 Å². The Hall–Kier alpha value is -1.49. The number of carboxylic acids is 1. The molecule has 5 nitrogen and oxygen atoms in total. The van der Waals surface area contributed by atoms with Crippen LogP contribution in [0.1, 0.15) is 35.7 Å². The molecule has 82 valence electrons. The lowest BCUT2D eigenvalue weighted by Crippen LogP contribution is -2.09. The van der Waals surface area contributed by atoms with Crippen molar-refractivity contribution < 1.29 is 14.6 Å². The third-order valence-corrected chi connectivity index (χ3v) is 1.92. The van der Waals surface area contributed by atoms with Gasteiger partial charge in [-0.25, -0.2) is 14.8 Å². The summed E-state index contributed by atoms with van der Waals surface area (Å²) in [7, 11) is 0. The molecule has 0 amide bonds. The molecule has 1 N–H and O–H groups in total. The van der Waals surface area contributed by atoms with Crippen LogP contribution in [0.15, 0.2) is 6.20 Å². The highest BCUT2D eigenvalue weighted by Crippen LogP contribution is 2.07. The van der Waals surface area contributed by atoms with Gasteiger partial charge in [0.2, 0.25) is 0 Å². The Morgan fingerprint density at radius 3 is 2.80 bits per heavy atom. The summed E-state index contributed by atoms with van der Waals surface area (Å²) in [5.41, 5.74) is 0.713.